The second-order valence-corrected chi connectivity index (χ2v) is 14.3. The van der Waals surface area contributed by atoms with E-state index in [4.69, 9.17) is 4.74 Å². The highest BCUT2D eigenvalue weighted by atomic mass is 31.2. The molecule has 1 saturated carbocycles. The van der Waals surface area contributed by atoms with Crippen molar-refractivity contribution < 1.29 is 33.5 Å². The molecule has 9 nitrogen and oxygen atoms in total. The zero-order chi connectivity index (χ0) is 30.7. The minimum atomic E-state index is -4.76. The number of carbonyl (C=O) groups is 3. The molecule has 0 bridgehead atoms. The van der Waals surface area contributed by atoms with E-state index in [2.05, 4.69) is 0 Å². The fourth-order valence-corrected chi connectivity index (χ4v) is 7.25. The van der Waals surface area contributed by atoms with Gasteiger partial charge in [-0.3, -0.25) is 23.8 Å². The molecule has 1 aliphatic heterocycles. The smallest absolute Gasteiger partial charge is 0.344 e. The molecule has 10 heteroatoms. The van der Waals surface area contributed by atoms with E-state index in [1.54, 1.807) is 32.9 Å². The maximum atomic E-state index is 14.6. The summed E-state index contributed by atoms with van der Waals surface area (Å²) in [5, 5.41) is 0. The van der Waals surface area contributed by atoms with Crippen molar-refractivity contribution >= 4 is 31.1 Å². The van der Waals surface area contributed by atoms with Gasteiger partial charge >= 0.3 is 13.6 Å². The summed E-state index contributed by atoms with van der Waals surface area (Å²) in [5.74, 6) is -1.67. The van der Waals surface area contributed by atoms with Gasteiger partial charge in [-0.25, -0.2) is 0 Å². The number of amides is 2. The molecular weight excluding hydrogens is 555 g/mol. The molecule has 2 aliphatic rings. The van der Waals surface area contributed by atoms with Crippen LogP contribution in [0.2, 0.25) is 0 Å². The third kappa shape index (κ3) is 7.49. The third-order valence-corrected chi connectivity index (χ3v) is 9.12. The lowest BCUT2D eigenvalue weighted by Gasteiger charge is -2.42. The van der Waals surface area contributed by atoms with Crippen molar-refractivity contribution in [2.45, 2.75) is 84.3 Å². The van der Waals surface area contributed by atoms with Gasteiger partial charge in [-0.2, -0.15) is 0 Å². The van der Waals surface area contributed by atoms with Gasteiger partial charge in [0.2, 0.25) is 11.8 Å². The molecule has 228 valence electrons. The summed E-state index contributed by atoms with van der Waals surface area (Å²) in [4.78, 5) is 64.6. The van der Waals surface area contributed by atoms with Crippen LogP contribution in [0.15, 0.2) is 54.6 Å². The number of fused-ring (bicyclic) bond motifs is 1. The molecule has 2 aromatic carbocycles. The highest BCUT2D eigenvalue weighted by Crippen LogP contribution is 2.49. The molecule has 2 aromatic rings. The zero-order valence-corrected chi connectivity index (χ0v) is 25.9. The molecule has 1 aliphatic carbocycles. The largest absolute Gasteiger partial charge is 0.459 e. The van der Waals surface area contributed by atoms with Crippen LogP contribution in [0, 0.1) is 11.3 Å². The Bertz CT molecular complexity index is 1330. The first kappa shape index (κ1) is 31.9. The highest BCUT2D eigenvalue weighted by molar-refractivity contribution is 7.51. The summed E-state index contributed by atoms with van der Waals surface area (Å²) in [5.41, 5.74) is 0.799. The molecule has 4 rings (SSSR count). The number of hydrogen-bond acceptors (Lipinski definition) is 5. The summed E-state index contributed by atoms with van der Waals surface area (Å²) in [7, 11) is -4.76. The van der Waals surface area contributed by atoms with Crippen LogP contribution in [-0.4, -0.2) is 56.9 Å². The molecule has 2 atom stereocenters. The van der Waals surface area contributed by atoms with Crippen molar-refractivity contribution in [1.29, 1.82) is 0 Å². The Balaban J connectivity index is 1.72. The highest BCUT2D eigenvalue weighted by Gasteiger charge is 2.51. The lowest BCUT2D eigenvalue weighted by molar-refractivity contribution is -0.154. The summed E-state index contributed by atoms with van der Waals surface area (Å²) in [6.45, 7) is 6.86. The topological polar surface area (TPSA) is 124 Å². The summed E-state index contributed by atoms with van der Waals surface area (Å²) in [6.07, 6.45) is 3.15. The number of benzene rings is 2. The lowest BCUT2D eigenvalue weighted by atomic mass is 9.71. The maximum Gasteiger partial charge on any atom is 0.344 e. The van der Waals surface area contributed by atoms with Crippen LogP contribution < -0.4 is 4.90 Å². The van der Waals surface area contributed by atoms with Crippen LogP contribution in [0.1, 0.15) is 70.9 Å². The van der Waals surface area contributed by atoms with Crippen LogP contribution in [0.4, 0.5) is 5.69 Å². The summed E-state index contributed by atoms with van der Waals surface area (Å²) in [6, 6.07) is 15.9. The second-order valence-electron chi connectivity index (χ2n) is 12.7. The van der Waals surface area contributed by atoms with Gasteiger partial charge in [0, 0.05) is 5.69 Å². The van der Waals surface area contributed by atoms with E-state index in [1.165, 1.54) is 4.90 Å². The molecule has 0 aromatic heterocycles. The lowest BCUT2D eigenvalue weighted by Crippen LogP contribution is -2.56. The van der Waals surface area contributed by atoms with Crippen molar-refractivity contribution in [3.05, 3.63) is 65.7 Å². The quantitative estimate of drug-likeness (QED) is 0.305. The van der Waals surface area contributed by atoms with E-state index in [1.807, 2.05) is 49.4 Å². The summed E-state index contributed by atoms with van der Waals surface area (Å²) >= 11 is 0. The average molecular weight is 599 g/mol. The van der Waals surface area contributed by atoms with Gasteiger partial charge in [-0.1, -0.05) is 68.3 Å². The van der Waals surface area contributed by atoms with Gasteiger partial charge in [0.05, 0.1) is 5.41 Å². The number of esters is 1. The molecule has 0 spiro atoms. The SMILES string of the molecule is CC(Cc1ccccc1)C1(C(=O)N(CP(=O)(O)O)[C@H]2CCc3ccccc3N(CC(=O)OC(C)(C)C)C2=O)CCCC1. The maximum absolute atomic E-state index is 14.6. The fraction of sp³-hybridized carbons (Fsp3) is 0.531. The molecular formula is C32H43N2O7P. The first-order valence-electron chi connectivity index (χ1n) is 14.7. The van der Waals surface area contributed by atoms with E-state index in [9.17, 15) is 28.7 Å². The molecule has 0 radical (unpaired) electrons. The predicted octanol–water partition coefficient (Wildman–Crippen LogP) is 5.08. The van der Waals surface area contributed by atoms with Crippen molar-refractivity contribution in [3.8, 4) is 0 Å². The number of ether oxygens (including phenoxy) is 1. The van der Waals surface area contributed by atoms with Crippen LogP contribution in [-0.2, 0) is 36.5 Å². The van der Waals surface area contributed by atoms with E-state index >= 15 is 0 Å². The van der Waals surface area contributed by atoms with Gasteiger partial charge in [-0.05, 0) is 76.0 Å². The molecule has 1 unspecified atom stereocenters. The first-order valence-corrected chi connectivity index (χ1v) is 16.5. The van der Waals surface area contributed by atoms with Crippen LogP contribution in [0.5, 0.6) is 0 Å². The van der Waals surface area contributed by atoms with Crippen molar-refractivity contribution in [3.63, 3.8) is 0 Å². The fourth-order valence-electron chi connectivity index (χ4n) is 6.53. The Labute approximate surface area is 248 Å². The van der Waals surface area contributed by atoms with Crippen molar-refractivity contribution in [1.82, 2.24) is 4.90 Å². The molecule has 1 fully saturated rings. The molecule has 2 N–H and O–H groups in total. The van der Waals surface area contributed by atoms with Crippen LogP contribution >= 0.6 is 7.60 Å². The summed E-state index contributed by atoms with van der Waals surface area (Å²) < 4.78 is 18.0. The van der Waals surface area contributed by atoms with Gasteiger partial charge in [0.1, 0.15) is 24.5 Å². The number of hydrogen-bond donors (Lipinski definition) is 2. The van der Waals surface area contributed by atoms with Gasteiger partial charge < -0.3 is 19.4 Å². The third-order valence-electron chi connectivity index (χ3n) is 8.45. The Kier molecular flexibility index (Phi) is 9.65. The minimum absolute atomic E-state index is 0.120. The molecule has 42 heavy (non-hydrogen) atoms. The number of aryl methyl sites for hydroxylation is 1. The predicted molar refractivity (Wildman–Crippen MR) is 161 cm³/mol. The van der Waals surface area contributed by atoms with Gasteiger partial charge in [0.15, 0.2) is 0 Å². The second kappa shape index (κ2) is 12.7. The van der Waals surface area contributed by atoms with Crippen molar-refractivity contribution in [2.24, 2.45) is 11.3 Å². The number of rotatable bonds is 9. The van der Waals surface area contributed by atoms with Gasteiger partial charge in [0.25, 0.3) is 0 Å². The van der Waals surface area contributed by atoms with E-state index in [0.717, 1.165) is 28.9 Å². The van der Waals surface area contributed by atoms with E-state index < -0.39 is 48.7 Å². The Hall–Kier alpha value is -3.00. The number of nitrogens with zero attached hydrogens (tertiary/aromatic N) is 2. The Morgan fingerprint density at radius 2 is 1.69 bits per heavy atom. The Morgan fingerprint density at radius 3 is 2.31 bits per heavy atom. The number of anilines is 1. The Morgan fingerprint density at radius 1 is 1.07 bits per heavy atom. The monoisotopic (exact) mass is 598 g/mol. The van der Waals surface area contributed by atoms with Crippen LogP contribution in [0.25, 0.3) is 0 Å². The number of para-hydroxylation sites is 1. The minimum Gasteiger partial charge on any atom is -0.459 e. The standard InChI is InChI=1S/C32H43N2O7P/c1-23(20-24-12-6-5-7-13-24)32(18-10-11-19-32)30(37)34(22-42(38,39)40)27-17-16-25-14-8-9-15-26(25)33(29(27)36)21-28(35)41-31(2,3)4/h5-9,12-15,23,27H,10-11,16-22H2,1-4H3,(H2,38,39,40)/t23?,27-/m0/s1. The van der Waals surface area contributed by atoms with E-state index in [0.29, 0.717) is 31.4 Å². The van der Waals surface area contributed by atoms with Crippen molar-refractivity contribution in [2.75, 3.05) is 17.7 Å². The molecule has 0 saturated heterocycles. The number of carbonyl (C=O) groups excluding carboxylic acids is 3. The zero-order valence-electron chi connectivity index (χ0n) is 25.0. The molecule has 1 heterocycles. The van der Waals surface area contributed by atoms with Gasteiger partial charge in [-0.15, -0.1) is 0 Å². The van der Waals surface area contributed by atoms with Crippen LogP contribution in [0.3, 0.4) is 0 Å². The normalized spacial score (nSPS) is 19.5. The average Bonchev–Trinajstić information content (AvgIpc) is 3.37. The molecule has 2 amide bonds. The first-order chi connectivity index (χ1) is 19.7. The van der Waals surface area contributed by atoms with E-state index in [-0.39, 0.29) is 18.9 Å².